The molecular weight excluding hydrogens is 274 g/mol. The zero-order valence-electron chi connectivity index (χ0n) is 11.9. The van der Waals surface area contributed by atoms with E-state index in [9.17, 15) is 9.59 Å². The monoisotopic (exact) mass is 293 g/mol. The van der Waals surface area contributed by atoms with Crippen molar-refractivity contribution in [2.75, 3.05) is 19.8 Å². The molecule has 0 radical (unpaired) electrons. The molecule has 0 aromatic heterocycles. The van der Waals surface area contributed by atoms with Gasteiger partial charge in [0, 0.05) is 5.56 Å². The van der Waals surface area contributed by atoms with Gasteiger partial charge in [0.2, 0.25) is 0 Å². The standard InChI is InChI=1S/C15H19NO5/c1-2-5-16-11(9-14(17)18)15(19)10-3-4-12-13(8-10)21-7-6-20-12/h3-4,8,11,16H,2,5-7,9H2,1H3,(H,17,18). The largest absolute Gasteiger partial charge is 0.486 e. The number of hydrogen-bond acceptors (Lipinski definition) is 5. The van der Waals surface area contributed by atoms with Crippen molar-refractivity contribution in [3.63, 3.8) is 0 Å². The summed E-state index contributed by atoms with van der Waals surface area (Å²) in [6, 6.07) is 4.20. The summed E-state index contributed by atoms with van der Waals surface area (Å²) in [5.74, 6) is -0.122. The molecule has 21 heavy (non-hydrogen) atoms. The molecule has 2 N–H and O–H groups in total. The second-order valence-corrected chi connectivity index (χ2v) is 4.83. The summed E-state index contributed by atoms with van der Waals surface area (Å²) in [6.45, 7) is 3.48. The Balaban J connectivity index is 2.17. The lowest BCUT2D eigenvalue weighted by Gasteiger charge is -2.20. The predicted octanol–water partition coefficient (Wildman–Crippen LogP) is 1.48. The lowest BCUT2D eigenvalue weighted by molar-refractivity contribution is -0.137. The minimum absolute atomic E-state index is 0.243. The predicted molar refractivity (Wildman–Crippen MR) is 76.1 cm³/mol. The molecule has 0 spiro atoms. The van der Waals surface area contributed by atoms with E-state index in [0.717, 1.165) is 6.42 Å². The average Bonchev–Trinajstić information content (AvgIpc) is 2.50. The Morgan fingerprint density at radius 2 is 2.00 bits per heavy atom. The Labute approximate surface area is 123 Å². The summed E-state index contributed by atoms with van der Waals surface area (Å²) in [6.07, 6.45) is 0.581. The summed E-state index contributed by atoms with van der Waals surface area (Å²) in [4.78, 5) is 23.4. The molecule has 0 fully saturated rings. The Kier molecular flexibility index (Phi) is 5.16. The second kappa shape index (κ2) is 7.08. The molecule has 6 nitrogen and oxygen atoms in total. The van der Waals surface area contributed by atoms with E-state index < -0.39 is 12.0 Å². The van der Waals surface area contributed by atoms with Gasteiger partial charge >= 0.3 is 5.97 Å². The fourth-order valence-electron chi connectivity index (χ4n) is 2.15. The molecule has 0 aliphatic carbocycles. The number of carboxylic acids is 1. The number of aliphatic carboxylic acids is 1. The summed E-state index contributed by atoms with van der Waals surface area (Å²) in [5.41, 5.74) is 0.425. The van der Waals surface area contributed by atoms with Gasteiger partial charge in [-0.2, -0.15) is 0 Å². The molecule has 1 aliphatic rings. The molecular formula is C15H19NO5. The number of benzene rings is 1. The number of fused-ring (bicyclic) bond motifs is 1. The van der Waals surface area contributed by atoms with Crippen molar-refractivity contribution in [2.24, 2.45) is 0 Å². The van der Waals surface area contributed by atoms with Gasteiger partial charge < -0.3 is 19.9 Å². The summed E-state index contributed by atoms with van der Waals surface area (Å²) < 4.78 is 10.8. The number of Topliss-reactive ketones (excluding diaryl/α,β-unsaturated/α-hetero) is 1. The topological polar surface area (TPSA) is 84.9 Å². The van der Waals surface area contributed by atoms with E-state index in [1.54, 1.807) is 18.2 Å². The van der Waals surface area contributed by atoms with Crippen molar-refractivity contribution in [3.8, 4) is 11.5 Å². The number of hydrogen-bond donors (Lipinski definition) is 2. The van der Waals surface area contributed by atoms with Crippen molar-refractivity contribution in [1.29, 1.82) is 0 Å². The SMILES string of the molecule is CCCNC(CC(=O)O)C(=O)c1ccc2c(c1)OCCO2. The lowest BCUT2D eigenvalue weighted by Crippen LogP contribution is -2.39. The van der Waals surface area contributed by atoms with Crippen LogP contribution in [0.25, 0.3) is 0 Å². The molecule has 0 saturated heterocycles. The Morgan fingerprint density at radius 3 is 2.67 bits per heavy atom. The van der Waals surface area contributed by atoms with Gasteiger partial charge in [-0.25, -0.2) is 0 Å². The molecule has 0 bridgehead atoms. The van der Waals surface area contributed by atoms with Crippen molar-refractivity contribution >= 4 is 11.8 Å². The molecule has 0 saturated carbocycles. The first-order valence-electron chi connectivity index (χ1n) is 7.01. The van der Waals surface area contributed by atoms with Crippen LogP contribution in [0.3, 0.4) is 0 Å². The molecule has 2 rings (SSSR count). The third-order valence-electron chi connectivity index (χ3n) is 3.16. The smallest absolute Gasteiger partial charge is 0.305 e. The zero-order chi connectivity index (χ0) is 15.2. The first-order chi connectivity index (χ1) is 10.1. The van der Waals surface area contributed by atoms with Crippen molar-refractivity contribution < 1.29 is 24.2 Å². The molecule has 1 atom stereocenters. The number of ether oxygens (including phenoxy) is 2. The zero-order valence-corrected chi connectivity index (χ0v) is 11.9. The van der Waals surface area contributed by atoms with Gasteiger partial charge in [0.1, 0.15) is 13.2 Å². The van der Waals surface area contributed by atoms with Crippen LogP contribution in [0.4, 0.5) is 0 Å². The molecule has 1 aliphatic heterocycles. The van der Waals surface area contributed by atoms with Gasteiger partial charge in [0.25, 0.3) is 0 Å². The van der Waals surface area contributed by atoms with Crippen LogP contribution in [0, 0.1) is 0 Å². The van der Waals surface area contributed by atoms with Gasteiger partial charge in [-0.1, -0.05) is 6.92 Å². The Morgan fingerprint density at radius 1 is 1.29 bits per heavy atom. The fourth-order valence-corrected chi connectivity index (χ4v) is 2.15. The van der Waals surface area contributed by atoms with Gasteiger partial charge in [0.05, 0.1) is 12.5 Å². The maximum atomic E-state index is 12.4. The average molecular weight is 293 g/mol. The molecule has 6 heteroatoms. The van der Waals surface area contributed by atoms with Crippen LogP contribution in [0.1, 0.15) is 30.1 Å². The number of carbonyl (C=O) groups is 2. The number of rotatable bonds is 7. The first-order valence-corrected chi connectivity index (χ1v) is 7.01. The first kappa shape index (κ1) is 15.3. The van der Waals surface area contributed by atoms with Crippen LogP contribution in [-0.2, 0) is 4.79 Å². The van der Waals surface area contributed by atoms with E-state index >= 15 is 0 Å². The highest BCUT2D eigenvalue weighted by atomic mass is 16.6. The molecule has 1 aromatic rings. The van der Waals surface area contributed by atoms with Gasteiger partial charge in [-0.05, 0) is 31.2 Å². The quantitative estimate of drug-likeness (QED) is 0.741. The van der Waals surface area contributed by atoms with Crippen LogP contribution >= 0.6 is 0 Å². The third kappa shape index (κ3) is 3.95. The number of carbonyl (C=O) groups excluding carboxylic acids is 1. The van der Waals surface area contributed by atoms with Crippen LogP contribution in [0.2, 0.25) is 0 Å². The van der Waals surface area contributed by atoms with E-state index in [0.29, 0.717) is 36.8 Å². The fraction of sp³-hybridized carbons (Fsp3) is 0.467. The minimum atomic E-state index is -1.01. The van der Waals surface area contributed by atoms with Gasteiger partial charge in [-0.3, -0.25) is 9.59 Å². The number of nitrogens with one attached hydrogen (secondary N) is 1. The van der Waals surface area contributed by atoms with E-state index in [-0.39, 0.29) is 12.2 Å². The molecule has 114 valence electrons. The van der Waals surface area contributed by atoms with Crippen LogP contribution in [-0.4, -0.2) is 42.7 Å². The summed E-state index contributed by atoms with van der Waals surface area (Å²) in [7, 11) is 0. The molecule has 1 unspecified atom stereocenters. The van der Waals surface area contributed by atoms with E-state index in [1.807, 2.05) is 6.92 Å². The minimum Gasteiger partial charge on any atom is -0.486 e. The summed E-state index contributed by atoms with van der Waals surface area (Å²) in [5, 5.41) is 11.9. The van der Waals surface area contributed by atoms with Gasteiger partial charge in [0.15, 0.2) is 17.3 Å². The molecule has 1 aromatic carbocycles. The second-order valence-electron chi connectivity index (χ2n) is 4.83. The van der Waals surface area contributed by atoms with E-state index in [1.165, 1.54) is 0 Å². The van der Waals surface area contributed by atoms with Crippen molar-refractivity contribution in [2.45, 2.75) is 25.8 Å². The highest BCUT2D eigenvalue weighted by molar-refractivity contribution is 6.02. The Hall–Kier alpha value is -2.08. The number of ketones is 1. The lowest BCUT2D eigenvalue weighted by atomic mass is 10.0. The van der Waals surface area contributed by atoms with Crippen molar-refractivity contribution in [3.05, 3.63) is 23.8 Å². The van der Waals surface area contributed by atoms with Crippen LogP contribution in [0.5, 0.6) is 11.5 Å². The molecule has 1 heterocycles. The van der Waals surface area contributed by atoms with Crippen LogP contribution < -0.4 is 14.8 Å². The van der Waals surface area contributed by atoms with Crippen LogP contribution in [0.15, 0.2) is 18.2 Å². The Bertz CT molecular complexity index is 529. The van der Waals surface area contributed by atoms with E-state index in [4.69, 9.17) is 14.6 Å². The van der Waals surface area contributed by atoms with E-state index in [2.05, 4.69) is 5.32 Å². The highest BCUT2D eigenvalue weighted by Gasteiger charge is 2.24. The maximum absolute atomic E-state index is 12.4. The summed E-state index contributed by atoms with van der Waals surface area (Å²) >= 11 is 0. The highest BCUT2D eigenvalue weighted by Crippen LogP contribution is 2.31. The normalized spacial score (nSPS) is 14.5. The molecule has 0 amide bonds. The number of carboxylic acid groups (broad SMARTS) is 1. The van der Waals surface area contributed by atoms with Crippen molar-refractivity contribution in [1.82, 2.24) is 5.32 Å². The third-order valence-corrected chi connectivity index (χ3v) is 3.16. The van der Waals surface area contributed by atoms with Gasteiger partial charge in [-0.15, -0.1) is 0 Å². The maximum Gasteiger partial charge on any atom is 0.305 e.